The summed E-state index contributed by atoms with van der Waals surface area (Å²) in [7, 11) is 0. The third kappa shape index (κ3) is 1.33. The summed E-state index contributed by atoms with van der Waals surface area (Å²) in [6.45, 7) is 1.92. The molecule has 0 aliphatic heterocycles. The topological polar surface area (TPSA) is 63.3 Å². The van der Waals surface area contributed by atoms with Crippen LogP contribution in [0.25, 0.3) is 0 Å². The van der Waals surface area contributed by atoms with E-state index < -0.39 is 11.4 Å². The van der Waals surface area contributed by atoms with Gasteiger partial charge in [-0.1, -0.05) is 19.8 Å². The van der Waals surface area contributed by atoms with Crippen LogP contribution in [-0.2, 0) is 4.79 Å². The van der Waals surface area contributed by atoms with Crippen molar-refractivity contribution in [3.63, 3.8) is 0 Å². The molecular weight excluding hydrogens is 154 g/mol. The van der Waals surface area contributed by atoms with Gasteiger partial charge in [-0.05, 0) is 19.3 Å². The molecule has 1 saturated carbocycles. The van der Waals surface area contributed by atoms with Crippen molar-refractivity contribution in [2.24, 2.45) is 11.1 Å². The van der Waals surface area contributed by atoms with Gasteiger partial charge < -0.3 is 10.8 Å². The quantitative estimate of drug-likeness (QED) is 0.659. The van der Waals surface area contributed by atoms with Crippen molar-refractivity contribution in [3.05, 3.63) is 0 Å². The van der Waals surface area contributed by atoms with Crippen molar-refractivity contribution < 1.29 is 9.90 Å². The van der Waals surface area contributed by atoms with Crippen LogP contribution in [0.3, 0.4) is 0 Å². The van der Waals surface area contributed by atoms with E-state index in [4.69, 9.17) is 10.8 Å². The third-order valence-electron chi connectivity index (χ3n) is 3.15. The fourth-order valence-corrected chi connectivity index (χ4v) is 2.12. The normalized spacial score (nSPS) is 36.3. The van der Waals surface area contributed by atoms with E-state index in [0.717, 1.165) is 25.7 Å². The van der Waals surface area contributed by atoms with Gasteiger partial charge in [0.1, 0.15) is 0 Å². The number of carbonyl (C=O) groups is 1. The van der Waals surface area contributed by atoms with Gasteiger partial charge in [0.15, 0.2) is 0 Å². The molecule has 2 atom stereocenters. The summed E-state index contributed by atoms with van der Waals surface area (Å²) in [5, 5.41) is 9.08. The molecule has 1 fully saturated rings. The van der Waals surface area contributed by atoms with E-state index in [2.05, 4.69) is 0 Å². The lowest BCUT2D eigenvalue weighted by molar-refractivity contribution is -0.152. The minimum atomic E-state index is -0.711. The maximum absolute atomic E-state index is 11.0. The fourth-order valence-electron chi connectivity index (χ4n) is 2.12. The standard InChI is InChI=1S/C9H17NO2/c1-2-9(8(11)12)6-4-3-5-7(9)10/h7H,2-6,10H2,1H3,(H,11,12)/t7-,9+/m0/s1. The van der Waals surface area contributed by atoms with Crippen LogP contribution in [0.5, 0.6) is 0 Å². The molecule has 0 aromatic carbocycles. The molecule has 1 aliphatic rings. The summed E-state index contributed by atoms with van der Waals surface area (Å²) < 4.78 is 0. The zero-order chi connectivity index (χ0) is 9.19. The second-order valence-corrected chi connectivity index (χ2v) is 3.67. The molecule has 0 aromatic rings. The molecule has 1 aliphatic carbocycles. The van der Waals surface area contributed by atoms with Crippen LogP contribution in [0.2, 0.25) is 0 Å². The van der Waals surface area contributed by atoms with Crippen LogP contribution in [0.15, 0.2) is 0 Å². The zero-order valence-electron chi connectivity index (χ0n) is 7.55. The van der Waals surface area contributed by atoms with E-state index in [-0.39, 0.29) is 6.04 Å². The Balaban J connectivity index is 2.81. The predicted octanol–water partition coefficient (Wildman–Crippen LogP) is 1.37. The maximum Gasteiger partial charge on any atom is 0.311 e. The van der Waals surface area contributed by atoms with Crippen molar-refractivity contribution in [2.45, 2.75) is 45.1 Å². The second kappa shape index (κ2) is 3.44. The Kier molecular flexibility index (Phi) is 2.73. The maximum atomic E-state index is 11.0. The van der Waals surface area contributed by atoms with Crippen LogP contribution < -0.4 is 5.73 Å². The Morgan fingerprint density at radius 1 is 1.67 bits per heavy atom. The Morgan fingerprint density at radius 2 is 2.33 bits per heavy atom. The molecule has 3 heteroatoms. The summed E-state index contributed by atoms with van der Waals surface area (Å²) in [6.07, 6.45) is 4.35. The number of hydrogen-bond donors (Lipinski definition) is 2. The molecule has 70 valence electrons. The Morgan fingerprint density at radius 3 is 2.67 bits per heavy atom. The minimum absolute atomic E-state index is 0.145. The van der Waals surface area contributed by atoms with Crippen molar-refractivity contribution in [1.82, 2.24) is 0 Å². The molecule has 0 bridgehead atoms. The highest BCUT2D eigenvalue weighted by Crippen LogP contribution is 2.38. The van der Waals surface area contributed by atoms with E-state index in [1.165, 1.54) is 0 Å². The summed E-state index contributed by atoms with van der Waals surface area (Å²) in [5.41, 5.74) is 5.22. The van der Waals surface area contributed by atoms with Crippen LogP contribution in [0, 0.1) is 5.41 Å². The number of hydrogen-bond acceptors (Lipinski definition) is 2. The molecule has 1 rings (SSSR count). The van der Waals surface area contributed by atoms with Crippen molar-refractivity contribution in [3.8, 4) is 0 Å². The summed E-state index contributed by atoms with van der Waals surface area (Å²) in [6, 6.07) is -0.145. The van der Waals surface area contributed by atoms with Crippen molar-refractivity contribution >= 4 is 5.97 Å². The smallest absolute Gasteiger partial charge is 0.311 e. The van der Waals surface area contributed by atoms with Crippen LogP contribution in [0.1, 0.15) is 39.0 Å². The van der Waals surface area contributed by atoms with Gasteiger partial charge in [0, 0.05) is 6.04 Å². The molecule has 3 nitrogen and oxygen atoms in total. The fraction of sp³-hybridized carbons (Fsp3) is 0.889. The Labute approximate surface area is 72.9 Å². The molecule has 3 N–H and O–H groups in total. The predicted molar refractivity (Wildman–Crippen MR) is 46.8 cm³/mol. The van der Waals surface area contributed by atoms with Gasteiger partial charge in [0.2, 0.25) is 0 Å². The highest BCUT2D eigenvalue weighted by atomic mass is 16.4. The number of nitrogens with two attached hydrogens (primary N) is 1. The SMILES string of the molecule is CC[C@@]1(C(=O)O)CCCC[C@@H]1N. The molecular formula is C9H17NO2. The van der Waals surface area contributed by atoms with E-state index >= 15 is 0 Å². The highest BCUT2D eigenvalue weighted by Gasteiger charge is 2.43. The van der Waals surface area contributed by atoms with E-state index in [1.54, 1.807) is 0 Å². The molecule has 0 saturated heterocycles. The number of carboxylic acid groups (broad SMARTS) is 1. The van der Waals surface area contributed by atoms with E-state index in [0.29, 0.717) is 6.42 Å². The lowest BCUT2D eigenvalue weighted by atomic mass is 9.69. The molecule has 0 unspecified atom stereocenters. The van der Waals surface area contributed by atoms with Crippen LogP contribution >= 0.6 is 0 Å². The summed E-state index contributed by atoms with van der Waals surface area (Å²) in [4.78, 5) is 11.0. The van der Waals surface area contributed by atoms with Gasteiger partial charge in [-0.2, -0.15) is 0 Å². The van der Waals surface area contributed by atoms with Crippen LogP contribution in [0.4, 0.5) is 0 Å². The average Bonchev–Trinajstić information content (AvgIpc) is 2.05. The van der Waals surface area contributed by atoms with Crippen molar-refractivity contribution in [2.75, 3.05) is 0 Å². The summed E-state index contributed by atoms with van der Waals surface area (Å²) in [5.74, 6) is -0.711. The van der Waals surface area contributed by atoms with Crippen LogP contribution in [-0.4, -0.2) is 17.1 Å². The van der Waals surface area contributed by atoms with Gasteiger partial charge in [0.05, 0.1) is 5.41 Å². The van der Waals surface area contributed by atoms with E-state index in [1.807, 2.05) is 6.92 Å². The first kappa shape index (κ1) is 9.52. The minimum Gasteiger partial charge on any atom is -0.481 e. The number of aliphatic carboxylic acids is 1. The largest absolute Gasteiger partial charge is 0.481 e. The molecule has 0 spiro atoms. The second-order valence-electron chi connectivity index (χ2n) is 3.67. The highest BCUT2D eigenvalue weighted by molar-refractivity contribution is 5.75. The van der Waals surface area contributed by atoms with Gasteiger partial charge in [0.25, 0.3) is 0 Å². The van der Waals surface area contributed by atoms with E-state index in [9.17, 15) is 4.79 Å². The van der Waals surface area contributed by atoms with Gasteiger partial charge in [-0.3, -0.25) is 4.79 Å². The first-order valence-electron chi connectivity index (χ1n) is 4.62. The first-order chi connectivity index (χ1) is 5.63. The summed E-state index contributed by atoms with van der Waals surface area (Å²) >= 11 is 0. The average molecular weight is 171 g/mol. The van der Waals surface area contributed by atoms with Crippen molar-refractivity contribution in [1.29, 1.82) is 0 Å². The van der Waals surface area contributed by atoms with Gasteiger partial charge in [-0.15, -0.1) is 0 Å². The number of carboxylic acids is 1. The lowest BCUT2D eigenvalue weighted by Crippen LogP contribution is -2.49. The Bertz CT molecular complexity index is 181. The first-order valence-corrected chi connectivity index (χ1v) is 4.62. The molecule has 0 amide bonds. The molecule has 0 radical (unpaired) electrons. The molecule has 0 aromatic heterocycles. The lowest BCUT2D eigenvalue weighted by Gasteiger charge is -2.37. The molecule has 0 heterocycles. The third-order valence-corrected chi connectivity index (χ3v) is 3.15. The Hall–Kier alpha value is -0.570. The monoisotopic (exact) mass is 171 g/mol. The van der Waals surface area contributed by atoms with Gasteiger partial charge >= 0.3 is 5.97 Å². The zero-order valence-corrected chi connectivity index (χ0v) is 7.55. The molecule has 12 heavy (non-hydrogen) atoms. The number of rotatable bonds is 2. The van der Waals surface area contributed by atoms with Gasteiger partial charge in [-0.25, -0.2) is 0 Å².